The van der Waals surface area contributed by atoms with E-state index in [2.05, 4.69) is 20.9 Å². The van der Waals surface area contributed by atoms with E-state index in [4.69, 9.17) is 0 Å². The van der Waals surface area contributed by atoms with E-state index in [9.17, 15) is 14.0 Å². The van der Waals surface area contributed by atoms with Crippen LogP contribution in [0.2, 0.25) is 0 Å². The summed E-state index contributed by atoms with van der Waals surface area (Å²) in [7, 11) is 0. The molecule has 4 N–H and O–H groups in total. The Morgan fingerprint density at radius 1 is 1.37 bits per heavy atom. The van der Waals surface area contributed by atoms with Gasteiger partial charge in [-0.1, -0.05) is 0 Å². The predicted molar refractivity (Wildman–Crippen MR) is 105 cm³/mol. The summed E-state index contributed by atoms with van der Waals surface area (Å²) >= 11 is 0. The van der Waals surface area contributed by atoms with Gasteiger partial charge in [0.15, 0.2) is 0 Å². The minimum Gasteiger partial charge on any atom is -0.360 e. The second kappa shape index (κ2) is 7.54. The summed E-state index contributed by atoms with van der Waals surface area (Å²) in [5, 5.41) is 8.84. The van der Waals surface area contributed by atoms with Crippen molar-refractivity contribution in [1.29, 1.82) is 0 Å². The minimum atomic E-state index is -0.396. The van der Waals surface area contributed by atoms with Crippen molar-refractivity contribution in [2.45, 2.75) is 13.3 Å². The van der Waals surface area contributed by atoms with Gasteiger partial charge in [0.1, 0.15) is 5.82 Å². The van der Waals surface area contributed by atoms with Crippen LogP contribution in [0.3, 0.4) is 0 Å². The predicted octanol–water partition coefficient (Wildman–Crippen LogP) is 2.92. The van der Waals surface area contributed by atoms with E-state index < -0.39 is 5.82 Å². The molecule has 0 bridgehead atoms. The minimum absolute atomic E-state index is 0. The van der Waals surface area contributed by atoms with Gasteiger partial charge in [-0.25, -0.2) is 4.39 Å². The number of hydrogen-bond acceptors (Lipinski definition) is 3. The van der Waals surface area contributed by atoms with Crippen LogP contribution in [0.5, 0.6) is 0 Å². The number of rotatable bonds is 3. The first kappa shape index (κ1) is 19.1. The molecule has 0 aliphatic carbocycles. The van der Waals surface area contributed by atoms with E-state index in [1.165, 1.54) is 12.1 Å². The summed E-state index contributed by atoms with van der Waals surface area (Å²) in [5.74, 6) is -0.710. The van der Waals surface area contributed by atoms with E-state index in [0.29, 0.717) is 34.8 Å². The Morgan fingerprint density at radius 3 is 2.93 bits per heavy atom. The van der Waals surface area contributed by atoms with Gasteiger partial charge < -0.3 is 20.9 Å². The fourth-order valence-electron chi connectivity index (χ4n) is 3.35. The van der Waals surface area contributed by atoms with Gasteiger partial charge >= 0.3 is 0 Å². The largest absolute Gasteiger partial charge is 0.360 e. The fraction of sp³-hybridized carbons (Fsp3) is 0.263. The molecule has 1 fully saturated rings. The van der Waals surface area contributed by atoms with E-state index in [0.717, 1.165) is 18.5 Å². The molecule has 1 atom stereocenters. The molecule has 0 radical (unpaired) electrons. The molecule has 2 aliphatic heterocycles. The third-order valence-electron chi connectivity index (χ3n) is 4.92. The number of amides is 2. The Kier molecular flexibility index (Phi) is 5.34. The van der Waals surface area contributed by atoms with Gasteiger partial charge in [-0.3, -0.25) is 9.59 Å². The molecule has 1 saturated heterocycles. The molecule has 0 unspecified atom stereocenters. The number of aromatic amines is 1. The summed E-state index contributed by atoms with van der Waals surface area (Å²) < 4.78 is 13.5. The Labute approximate surface area is 162 Å². The highest BCUT2D eigenvalue weighted by Gasteiger charge is 2.26. The monoisotopic (exact) mass is 390 g/mol. The molecule has 4 rings (SSSR count). The van der Waals surface area contributed by atoms with Crippen molar-refractivity contribution in [1.82, 2.24) is 10.3 Å². The molecule has 8 heteroatoms. The Bertz CT molecular complexity index is 932. The zero-order valence-corrected chi connectivity index (χ0v) is 15.5. The van der Waals surface area contributed by atoms with Crippen LogP contribution in [-0.2, 0) is 9.59 Å². The maximum atomic E-state index is 13.5. The van der Waals surface area contributed by atoms with E-state index in [-0.39, 0.29) is 30.1 Å². The zero-order chi connectivity index (χ0) is 18.3. The molecule has 2 aromatic rings. The number of carbonyl (C=O) groups is 2. The number of aromatic nitrogens is 1. The van der Waals surface area contributed by atoms with Crippen molar-refractivity contribution >= 4 is 47.2 Å². The van der Waals surface area contributed by atoms with Crippen molar-refractivity contribution in [2.75, 3.05) is 23.7 Å². The first-order valence-electron chi connectivity index (χ1n) is 8.55. The molecule has 1 aromatic heterocycles. The number of fused-ring (bicyclic) bond motifs is 1. The average molecular weight is 391 g/mol. The van der Waals surface area contributed by atoms with E-state index >= 15 is 0 Å². The van der Waals surface area contributed by atoms with E-state index in [1.807, 2.05) is 6.92 Å². The maximum Gasteiger partial charge on any atom is 0.256 e. The maximum absolute atomic E-state index is 13.5. The normalized spacial score (nSPS) is 19.6. The van der Waals surface area contributed by atoms with Crippen LogP contribution in [0.1, 0.15) is 23.2 Å². The lowest BCUT2D eigenvalue weighted by atomic mass is 10.0. The second-order valence-corrected chi connectivity index (χ2v) is 6.62. The van der Waals surface area contributed by atoms with Gasteiger partial charge in [-0.15, -0.1) is 12.4 Å². The molecule has 6 nitrogen and oxygen atoms in total. The van der Waals surface area contributed by atoms with Gasteiger partial charge in [0.25, 0.3) is 5.91 Å². The molecular weight excluding hydrogens is 371 g/mol. The van der Waals surface area contributed by atoms with Crippen molar-refractivity contribution in [3.05, 3.63) is 47.0 Å². The van der Waals surface area contributed by atoms with Crippen LogP contribution >= 0.6 is 12.4 Å². The zero-order valence-electron chi connectivity index (χ0n) is 14.7. The molecule has 2 aliphatic rings. The summed E-state index contributed by atoms with van der Waals surface area (Å²) in [4.78, 5) is 27.6. The van der Waals surface area contributed by atoms with Gasteiger partial charge in [0, 0.05) is 29.7 Å². The number of hydrogen-bond donors (Lipinski definition) is 4. The van der Waals surface area contributed by atoms with Crippen molar-refractivity contribution in [2.24, 2.45) is 5.92 Å². The number of anilines is 2. The van der Waals surface area contributed by atoms with Gasteiger partial charge in [0.05, 0.1) is 17.2 Å². The SMILES string of the molecule is Cc1c(NC(=O)[C@@H]2CCNC2)c[nH]c1/C=C1\C(=O)Nc2ccc(F)cc21.Cl. The number of H-pyrrole nitrogens is 1. The molecule has 0 spiro atoms. The molecule has 142 valence electrons. The standard InChI is InChI=1S/C19H19FN4O2.ClH/c1-10-16(22-9-17(10)24-18(25)11-4-5-21-8-11)7-14-13-6-12(20)2-3-15(13)23-19(14)26;/h2-3,6-7,9,11,21-22H,4-5,8H2,1H3,(H,23,26)(H,24,25);1H/b14-7-;/t11-;/m1./s1. The third kappa shape index (κ3) is 3.61. The number of carbonyl (C=O) groups excluding carboxylic acids is 2. The van der Waals surface area contributed by atoms with Gasteiger partial charge in [-0.05, 0) is 49.7 Å². The molecule has 1 aromatic carbocycles. The summed E-state index contributed by atoms with van der Waals surface area (Å²) in [6, 6.07) is 4.20. The molecule has 0 saturated carbocycles. The first-order chi connectivity index (χ1) is 12.5. The lowest BCUT2D eigenvalue weighted by molar-refractivity contribution is -0.119. The van der Waals surface area contributed by atoms with Gasteiger partial charge in [-0.2, -0.15) is 0 Å². The second-order valence-electron chi connectivity index (χ2n) is 6.62. The number of halogens is 2. The lowest BCUT2D eigenvalue weighted by Gasteiger charge is -2.09. The molecule has 27 heavy (non-hydrogen) atoms. The summed E-state index contributed by atoms with van der Waals surface area (Å²) in [5.41, 5.74) is 3.73. The smallest absolute Gasteiger partial charge is 0.256 e. The molecular formula is C19H20ClFN4O2. The van der Waals surface area contributed by atoms with Crippen molar-refractivity contribution < 1.29 is 14.0 Å². The van der Waals surface area contributed by atoms with Crippen LogP contribution in [0.4, 0.5) is 15.8 Å². The van der Waals surface area contributed by atoms with Crippen LogP contribution in [0, 0.1) is 18.7 Å². The lowest BCUT2D eigenvalue weighted by Crippen LogP contribution is -2.24. The van der Waals surface area contributed by atoms with Crippen molar-refractivity contribution in [3.63, 3.8) is 0 Å². The Hall–Kier alpha value is -2.64. The Morgan fingerprint density at radius 2 is 2.19 bits per heavy atom. The Balaban J connectivity index is 0.00000210. The summed E-state index contributed by atoms with van der Waals surface area (Å²) in [6.07, 6.45) is 4.22. The molecule has 3 heterocycles. The highest BCUT2D eigenvalue weighted by Crippen LogP contribution is 2.34. The fourth-order valence-corrected chi connectivity index (χ4v) is 3.35. The first-order valence-corrected chi connectivity index (χ1v) is 8.55. The number of benzene rings is 1. The van der Waals surface area contributed by atoms with Crippen LogP contribution in [0.15, 0.2) is 24.4 Å². The van der Waals surface area contributed by atoms with Crippen LogP contribution in [0.25, 0.3) is 11.6 Å². The van der Waals surface area contributed by atoms with E-state index in [1.54, 1.807) is 18.3 Å². The third-order valence-corrected chi connectivity index (χ3v) is 4.92. The van der Waals surface area contributed by atoms with Gasteiger partial charge in [0.2, 0.25) is 5.91 Å². The highest BCUT2D eigenvalue weighted by atomic mass is 35.5. The highest BCUT2D eigenvalue weighted by molar-refractivity contribution is 6.34. The quantitative estimate of drug-likeness (QED) is 0.608. The van der Waals surface area contributed by atoms with Crippen molar-refractivity contribution in [3.8, 4) is 0 Å². The number of nitrogens with one attached hydrogen (secondary N) is 4. The van der Waals surface area contributed by atoms with Crippen LogP contribution in [-0.4, -0.2) is 29.9 Å². The average Bonchev–Trinajstić information content (AvgIpc) is 3.32. The van der Waals surface area contributed by atoms with Crippen LogP contribution < -0.4 is 16.0 Å². The summed E-state index contributed by atoms with van der Waals surface area (Å²) in [6.45, 7) is 3.41. The topological polar surface area (TPSA) is 86.0 Å². The molecule has 2 amide bonds.